The van der Waals surface area contributed by atoms with Crippen molar-refractivity contribution in [2.24, 2.45) is 0 Å². The summed E-state index contributed by atoms with van der Waals surface area (Å²) in [4.78, 5) is 2.46. The zero-order valence-electron chi connectivity index (χ0n) is 16.0. The van der Waals surface area contributed by atoms with Crippen LogP contribution in [0.25, 0.3) is 0 Å². The summed E-state index contributed by atoms with van der Waals surface area (Å²) in [7, 11) is 0. The van der Waals surface area contributed by atoms with Crippen LogP contribution >= 0.6 is 0 Å². The van der Waals surface area contributed by atoms with Crippen molar-refractivity contribution in [3.05, 3.63) is 30.1 Å². The highest BCUT2D eigenvalue weighted by Gasteiger charge is 2.06. The van der Waals surface area contributed by atoms with E-state index in [0.717, 1.165) is 13.1 Å². The lowest BCUT2D eigenvalue weighted by Crippen LogP contribution is -2.25. The van der Waals surface area contributed by atoms with E-state index in [9.17, 15) is 4.39 Å². The fourth-order valence-electron chi connectivity index (χ4n) is 3.19. The Morgan fingerprint density at radius 2 is 1.04 bits per heavy atom. The normalized spacial score (nSPS) is 11.0. The molecule has 0 amide bonds. The van der Waals surface area contributed by atoms with Crippen molar-refractivity contribution >= 4 is 5.69 Å². The third-order valence-corrected chi connectivity index (χ3v) is 4.75. The average molecular weight is 336 g/mol. The number of unbranched alkanes of at least 4 members (excludes halogenated alkanes) is 10. The highest BCUT2D eigenvalue weighted by molar-refractivity contribution is 5.46. The molecule has 0 radical (unpaired) electrons. The molecule has 1 aromatic carbocycles. The first kappa shape index (κ1) is 21.0. The van der Waals surface area contributed by atoms with Crippen LogP contribution in [0.3, 0.4) is 0 Å². The lowest BCUT2D eigenvalue weighted by atomic mass is 10.1. The van der Waals surface area contributed by atoms with Gasteiger partial charge in [0.05, 0.1) is 0 Å². The van der Waals surface area contributed by atoms with Crippen molar-refractivity contribution in [2.75, 3.05) is 18.0 Å². The molecule has 0 aliphatic carbocycles. The minimum atomic E-state index is -0.141. The molecule has 1 rings (SSSR count). The van der Waals surface area contributed by atoms with Gasteiger partial charge in [-0.25, -0.2) is 4.39 Å². The van der Waals surface area contributed by atoms with Crippen molar-refractivity contribution in [3.8, 4) is 0 Å². The molecule has 0 aliphatic rings. The summed E-state index contributed by atoms with van der Waals surface area (Å²) in [5.41, 5.74) is 1.18. The van der Waals surface area contributed by atoms with Crippen LogP contribution in [-0.2, 0) is 0 Å². The van der Waals surface area contributed by atoms with Crippen LogP contribution in [0.1, 0.15) is 90.9 Å². The van der Waals surface area contributed by atoms with Crippen LogP contribution in [0, 0.1) is 5.82 Å². The number of nitrogens with zero attached hydrogens (tertiary/aromatic N) is 1. The quantitative estimate of drug-likeness (QED) is 0.303. The fourth-order valence-corrected chi connectivity index (χ4v) is 3.19. The van der Waals surface area contributed by atoms with Crippen LogP contribution in [0.15, 0.2) is 24.3 Å². The van der Waals surface area contributed by atoms with Gasteiger partial charge in [0.2, 0.25) is 0 Å². The molecule has 0 fully saturated rings. The molecule has 0 aliphatic heterocycles. The molecule has 0 saturated carbocycles. The van der Waals surface area contributed by atoms with Gasteiger partial charge in [0.25, 0.3) is 0 Å². The van der Waals surface area contributed by atoms with Gasteiger partial charge >= 0.3 is 0 Å². The molecule has 0 atom stereocenters. The highest BCUT2D eigenvalue weighted by Crippen LogP contribution is 2.18. The second-order valence-corrected chi connectivity index (χ2v) is 7.00. The van der Waals surface area contributed by atoms with Gasteiger partial charge < -0.3 is 4.90 Å². The zero-order chi connectivity index (χ0) is 17.5. The minimum Gasteiger partial charge on any atom is -0.372 e. The largest absolute Gasteiger partial charge is 0.372 e. The van der Waals surface area contributed by atoms with Gasteiger partial charge in [-0.1, -0.05) is 78.1 Å². The summed E-state index contributed by atoms with van der Waals surface area (Å²) in [6, 6.07) is 7.04. The molecule has 0 aromatic heterocycles. The molecule has 0 unspecified atom stereocenters. The summed E-state index contributed by atoms with van der Waals surface area (Å²) < 4.78 is 13.2. The van der Waals surface area contributed by atoms with Crippen molar-refractivity contribution in [3.63, 3.8) is 0 Å². The lowest BCUT2D eigenvalue weighted by molar-refractivity contribution is 0.574. The van der Waals surface area contributed by atoms with Crippen LogP contribution in [-0.4, -0.2) is 13.1 Å². The maximum absolute atomic E-state index is 13.2. The van der Waals surface area contributed by atoms with E-state index in [4.69, 9.17) is 0 Å². The molecule has 0 heterocycles. The van der Waals surface area contributed by atoms with E-state index in [2.05, 4.69) is 18.7 Å². The lowest BCUT2D eigenvalue weighted by Gasteiger charge is -2.25. The zero-order valence-corrected chi connectivity index (χ0v) is 16.0. The Hall–Kier alpha value is -1.05. The third-order valence-electron chi connectivity index (χ3n) is 4.75. The molecule has 2 heteroatoms. The van der Waals surface area contributed by atoms with Crippen LogP contribution < -0.4 is 4.90 Å². The predicted octanol–water partition coefficient (Wildman–Crippen LogP) is 7.35. The molecule has 1 nitrogen and oxygen atoms in total. The van der Waals surface area contributed by atoms with Crippen LogP contribution in [0.4, 0.5) is 10.1 Å². The van der Waals surface area contributed by atoms with Gasteiger partial charge in [-0.05, 0) is 37.1 Å². The average Bonchev–Trinajstić information content (AvgIpc) is 2.60. The summed E-state index contributed by atoms with van der Waals surface area (Å²) >= 11 is 0. The predicted molar refractivity (Wildman–Crippen MR) is 105 cm³/mol. The van der Waals surface area contributed by atoms with E-state index in [1.165, 1.54) is 82.7 Å². The second-order valence-electron chi connectivity index (χ2n) is 7.00. The van der Waals surface area contributed by atoms with E-state index in [-0.39, 0.29) is 5.82 Å². The topological polar surface area (TPSA) is 3.24 Å². The van der Waals surface area contributed by atoms with E-state index >= 15 is 0 Å². The summed E-state index contributed by atoms with van der Waals surface area (Å²) in [6.45, 7) is 6.73. The Kier molecular flexibility index (Phi) is 12.5. The molecule has 0 bridgehead atoms. The van der Waals surface area contributed by atoms with E-state index in [0.29, 0.717) is 0 Å². The van der Waals surface area contributed by atoms with Crippen molar-refractivity contribution in [1.29, 1.82) is 0 Å². The van der Waals surface area contributed by atoms with Crippen molar-refractivity contribution < 1.29 is 4.39 Å². The first-order chi connectivity index (χ1) is 11.8. The number of benzene rings is 1. The maximum atomic E-state index is 13.2. The molecule has 1 aromatic rings. The smallest absolute Gasteiger partial charge is 0.123 e. The number of anilines is 1. The Bertz CT molecular complexity index is 371. The van der Waals surface area contributed by atoms with Gasteiger partial charge in [-0.15, -0.1) is 0 Å². The Morgan fingerprint density at radius 1 is 0.625 bits per heavy atom. The summed E-state index contributed by atoms with van der Waals surface area (Å²) in [6.07, 6.45) is 15.9. The van der Waals surface area contributed by atoms with Gasteiger partial charge in [0, 0.05) is 18.8 Å². The van der Waals surface area contributed by atoms with Crippen LogP contribution in [0.2, 0.25) is 0 Å². The van der Waals surface area contributed by atoms with Crippen molar-refractivity contribution in [1.82, 2.24) is 0 Å². The molecule has 0 N–H and O–H groups in total. The second kappa shape index (κ2) is 14.3. The SMILES string of the molecule is CCCCCCCCN(CCCCCCCC)c1ccc(F)cc1. The number of halogens is 1. The highest BCUT2D eigenvalue weighted by atomic mass is 19.1. The number of hydrogen-bond acceptors (Lipinski definition) is 1. The third kappa shape index (κ3) is 9.95. The summed E-state index contributed by atoms with van der Waals surface area (Å²) in [5.74, 6) is -0.141. The minimum absolute atomic E-state index is 0.141. The van der Waals surface area contributed by atoms with E-state index in [1.54, 1.807) is 12.1 Å². The monoisotopic (exact) mass is 335 g/mol. The maximum Gasteiger partial charge on any atom is 0.123 e. The van der Waals surface area contributed by atoms with Crippen LogP contribution in [0.5, 0.6) is 0 Å². The molecule has 0 saturated heterocycles. The van der Waals surface area contributed by atoms with Gasteiger partial charge in [-0.3, -0.25) is 0 Å². The molecule has 0 spiro atoms. The Morgan fingerprint density at radius 3 is 1.50 bits per heavy atom. The fraction of sp³-hybridized carbons (Fsp3) is 0.727. The molecular weight excluding hydrogens is 297 g/mol. The standard InChI is InChI=1S/C22H38FN/c1-3-5-7-9-11-13-19-24(20-14-12-10-8-6-4-2)22-17-15-21(23)16-18-22/h15-18H,3-14,19-20H2,1-2H3. The summed E-state index contributed by atoms with van der Waals surface area (Å²) in [5, 5.41) is 0. The van der Waals surface area contributed by atoms with Gasteiger partial charge in [0.1, 0.15) is 5.82 Å². The Balaban J connectivity index is 2.34. The molecule has 24 heavy (non-hydrogen) atoms. The van der Waals surface area contributed by atoms with Gasteiger partial charge in [0.15, 0.2) is 0 Å². The molecule has 138 valence electrons. The van der Waals surface area contributed by atoms with Crippen molar-refractivity contribution in [2.45, 2.75) is 90.9 Å². The first-order valence-corrected chi connectivity index (χ1v) is 10.3. The number of hydrogen-bond donors (Lipinski definition) is 0. The van der Waals surface area contributed by atoms with E-state index in [1.807, 2.05) is 12.1 Å². The first-order valence-electron chi connectivity index (χ1n) is 10.3. The Labute approximate surface area is 149 Å². The van der Waals surface area contributed by atoms with Gasteiger partial charge in [-0.2, -0.15) is 0 Å². The number of rotatable bonds is 15. The molecular formula is C22H38FN. The van der Waals surface area contributed by atoms with E-state index < -0.39 is 0 Å².